The molecule has 1 N–H and O–H groups in total. The molecule has 0 bridgehead atoms. The van der Waals surface area contributed by atoms with Gasteiger partial charge in [-0.3, -0.25) is 0 Å². The van der Waals surface area contributed by atoms with E-state index in [0.717, 1.165) is 5.70 Å². The van der Waals surface area contributed by atoms with Gasteiger partial charge in [0.25, 0.3) is 0 Å². The molecule has 0 unspecified atom stereocenters. The normalized spacial score (nSPS) is 13.9. The van der Waals surface area contributed by atoms with Crippen molar-refractivity contribution in [3.05, 3.63) is 60.4 Å². The van der Waals surface area contributed by atoms with Gasteiger partial charge in [-0.1, -0.05) is 42.5 Å². The first-order valence-corrected chi connectivity index (χ1v) is 4.72. The molecule has 0 atom stereocenters. The molecule has 0 saturated carbocycles. The Kier molecular flexibility index (Phi) is 7.24. The zero-order valence-corrected chi connectivity index (χ0v) is 9.25. The molecule has 14 heavy (non-hydrogen) atoms. The van der Waals surface area contributed by atoms with Gasteiger partial charge in [0.1, 0.15) is 0 Å². The summed E-state index contributed by atoms with van der Waals surface area (Å²) in [7, 11) is 1.89. The molecule has 1 nitrogen and oxygen atoms in total. The van der Waals surface area contributed by atoms with Gasteiger partial charge in [0.15, 0.2) is 0 Å². The molecule has 0 amide bonds. The number of rotatable bonds is 5. The van der Waals surface area contributed by atoms with Crippen molar-refractivity contribution in [3.8, 4) is 0 Å². The van der Waals surface area contributed by atoms with Gasteiger partial charge < -0.3 is 5.32 Å². The first kappa shape index (κ1) is 12.5. The van der Waals surface area contributed by atoms with Crippen LogP contribution in [-0.2, 0) is 0 Å². The lowest BCUT2D eigenvalue weighted by molar-refractivity contribution is 1.03. The Morgan fingerprint density at radius 1 is 1.21 bits per heavy atom. The Morgan fingerprint density at radius 2 is 1.93 bits per heavy atom. The number of hydrogen-bond donors (Lipinski definition) is 1. The molecule has 0 aliphatic carbocycles. The number of nitrogens with one attached hydrogen (secondary N) is 1. The summed E-state index contributed by atoms with van der Waals surface area (Å²) in [6.07, 6.45) is 13.9. The highest BCUT2D eigenvalue weighted by molar-refractivity contribution is 5.29. The maximum Gasteiger partial charge on any atom is 0.0337 e. The highest BCUT2D eigenvalue weighted by Gasteiger charge is 1.84. The van der Waals surface area contributed by atoms with Crippen LogP contribution >= 0.6 is 0 Å². The minimum Gasteiger partial charge on any atom is -0.388 e. The van der Waals surface area contributed by atoms with E-state index in [9.17, 15) is 0 Å². The van der Waals surface area contributed by atoms with Crippen LogP contribution in [0.25, 0.3) is 0 Å². The van der Waals surface area contributed by atoms with Gasteiger partial charge in [0.05, 0.1) is 0 Å². The van der Waals surface area contributed by atoms with E-state index >= 15 is 0 Å². The zero-order valence-electron chi connectivity index (χ0n) is 9.25. The maximum atomic E-state index is 3.65. The Hall–Kier alpha value is -1.50. The van der Waals surface area contributed by atoms with Crippen LogP contribution in [0, 0.1) is 0 Å². The standard InChI is InChI=1S/C13H19N/c1-5-7-9-12(3)10-11-13(14-4)8-6-2/h5-11,14H,2H2,1,3-4H3/b7-5-,11-10+,12-9+,13-8-. The molecule has 0 fully saturated rings. The van der Waals surface area contributed by atoms with Crippen molar-refractivity contribution in [1.29, 1.82) is 0 Å². The second kappa shape index (κ2) is 8.11. The summed E-state index contributed by atoms with van der Waals surface area (Å²) in [5.74, 6) is 0. The van der Waals surface area contributed by atoms with Crippen LogP contribution in [0.5, 0.6) is 0 Å². The fraction of sp³-hybridized carbons (Fsp3) is 0.231. The number of allylic oxidation sites excluding steroid dienone is 8. The molecule has 0 aromatic carbocycles. The highest BCUT2D eigenvalue weighted by atomic mass is 14.8. The molecule has 0 aliphatic heterocycles. The van der Waals surface area contributed by atoms with E-state index < -0.39 is 0 Å². The van der Waals surface area contributed by atoms with Crippen molar-refractivity contribution in [2.45, 2.75) is 13.8 Å². The zero-order chi connectivity index (χ0) is 10.8. The minimum absolute atomic E-state index is 1.05. The topological polar surface area (TPSA) is 12.0 Å². The van der Waals surface area contributed by atoms with E-state index in [1.165, 1.54) is 5.57 Å². The van der Waals surface area contributed by atoms with Crippen LogP contribution in [0.1, 0.15) is 13.8 Å². The minimum atomic E-state index is 1.05. The van der Waals surface area contributed by atoms with Gasteiger partial charge in [-0.25, -0.2) is 0 Å². The van der Waals surface area contributed by atoms with Crippen LogP contribution in [0.4, 0.5) is 0 Å². The quantitative estimate of drug-likeness (QED) is 0.654. The second-order valence-corrected chi connectivity index (χ2v) is 2.88. The van der Waals surface area contributed by atoms with Gasteiger partial charge in [0.2, 0.25) is 0 Å². The fourth-order valence-corrected chi connectivity index (χ4v) is 0.874. The molecular formula is C13H19N. The van der Waals surface area contributed by atoms with E-state index in [4.69, 9.17) is 0 Å². The first-order chi connectivity index (χ1) is 6.74. The summed E-state index contributed by atoms with van der Waals surface area (Å²) in [5.41, 5.74) is 2.27. The molecular weight excluding hydrogens is 170 g/mol. The molecule has 0 aromatic heterocycles. The smallest absolute Gasteiger partial charge is 0.0337 e. The molecule has 76 valence electrons. The molecule has 0 spiro atoms. The monoisotopic (exact) mass is 189 g/mol. The second-order valence-electron chi connectivity index (χ2n) is 2.88. The van der Waals surface area contributed by atoms with Gasteiger partial charge in [-0.15, -0.1) is 0 Å². The largest absolute Gasteiger partial charge is 0.388 e. The molecule has 0 heterocycles. The van der Waals surface area contributed by atoms with Crippen molar-refractivity contribution < 1.29 is 0 Å². The SMILES string of the molecule is C=C/C=C(/C=C/C(C)=C/C=C\C)NC. The summed E-state index contributed by atoms with van der Waals surface area (Å²) in [5, 5.41) is 3.07. The van der Waals surface area contributed by atoms with E-state index in [0.29, 0.717) is 0 Å². The first-order valence-electron chi connectivity index (χ1n) is 4.72. The molecule has 0 rings (SSSR count). The number of likely N-dealkylation sites (N-methyl/N-ethyl adjacent to an activating group) is 1. The lowest BCUT2D eigenvalue weighted by Gasteiger charge is -1.98. The van der Waals surface area contributed by atoms with E-state index in [2.05, 4.69) is 31.0 Å². The van der Waals surface area contributed by atoms with Crippen LogP contribution < -0.4 is 5.32 Å². The van der Waals surface area contributed by atoms with Gasteiger partial charge >= 0.3 is 0 Å². The number of hydrogen-bond acceptors (Lipinski definition) is 1. The van der Waals surface area contributed by atoms with Crippen molar-refractivity contribution in [3.63, 3.8) is 0 Å². The molecule has 0 radical (unpaired) electrons. The molecule has 0 aromatic rings. The predicted octanol–water partition coefficient (Wildman–Crippen LogP) is 3.35. The van der Waals surface area contributed by atoms with Crippen molar-refractivity contribution in [2.24, 2.45) is 0 Å². The molecule has 0 aliphatic rings. The lowest BCUT2D eigenvalue weighted by atomic mass is 10.2. The van der Waals surface area contributed by atoms with Crippen LogP contribution in [0.3, 0.4) is 0 Å². The third-order valence-corrected chi connectivity index (χ3v) is 1.66. The summed E-state index contributed by atoms with van der Waals surface area (Å²) < 4.78 is 0. The third kappa shape index (κ3) is 6.06. The summed E-state index contributed by atoms with van der Waals surface area (Å²) >= 11 is 0. The average Bonchev–Trinajstić information content (AvgIpc) is 2.21. The third-order valence-electron chi connectivity index (χ3n) is 1.66. The summed E-state index contributed by atoms with van der Waals surface area (Å²) in [6.45, 7) is 7.72. The van der Waals surface area contributed by atoms with Gasteiger partial charge in [-0.2, -0.15) is 0 Å². The average molecular weight is 189 g/mol. The Bertz CT molecular complexity index is 278. The van der Waals surface area contributed by atoms with E-state index in [-0.39, 0.29) is 0 Å². The summed E-state index contributed by atoms with van der Waals surface area (Å²) in [4.78, 5) is 0. The van der Waals surface area contributed by atoms with Gasteiger partial charge in [-0.05, 0) is 26.0 Å². The van der Waals surface area contributed by atoms with Gasteiger partial charge in [0, 0.05) is 12.7 Å². The highest BCUT2D eigenvalue weighted by Crippen LogP contribution is 1.99. The lowest BCUT2D eigenvalue weighted by Crippen LogP contribution is -2.02. The maximum absolute atomic E-state index is 3.65. The van der Waals surface area contributed by atoms with Crippen molar-refractivity contribution in [2.75, 3.05) is 7.05 Å². The van der Waals surface area contributed by atoms with E-state index in [1.54, 1.807) is 6.08 Å². The van der Waals surface area contributed by atoms with E-state index in [1.807, 2.05) is 38.3 Å². The fourth-order valence-electron chi connectivity index (χ4n) is 0.874. The Morgan fingerprint density at radius 3 is 2.43 bits per heavy atom. The van der Waals surface area contributed by atoms with Crippen molar-refractivity contribution in [1.82, 2.24) is 5.32 Å². The Balaban J connectivity index is 4.41. The Labute approximate surface area is 87.2 Å². The van der Waals surface area contributed by atoms with Crippen LogP contribution in [-0.4, -0.2) is 7.05 Å². The molecule has 0 saturated heterocycles. The predicted molar refractivity (Wildman–Crippen MR) is 65.1 cm³/mol. The molecule has 1 heteroatoms. The summed E-state index contributed by atoms with van der Waals surface area (Å²) in [6, 6.07) is 0. The van der Waals surface area contributed by atoms with Crippen molar-refractivity contribution >= 4 is 0 Å². The van der Waals surface area contributed by atoms with Crippen LogP contribution in [0.15, 0.2) is 60.4 Å². The van der Waals surface area contributed by atoms with Crippen LogP contribution in [0.2, 0.25) is 0 Å².